The Morgan fingerprint density at radius 2 is 1.83 bits per heavy atom. The van der Waals surface area contributed by atoms with Gasteiger partial charge in [0.1, 0.15) is 5.75 Å². The molecule has 9 heteroatoms. The molecule has 4 atom stereocenters. The Morgan fingerprint density at radius 3 is 2.51 bits per heavy atom. The zero-order chi connectivity index (χ0) is 29.5. The summed E-state index contributed by atoms with van der Waals surface area (Å²) < 4.78 is 0. The molecule has 0 radical (unpaired) electrons. The number of para-hydroxylation sites is 1. The van der Waals surface area contributed by atoms with Gasteiger partial charge in [-0.3, -0.25) is 24.3 Å². The third kappa shape index (κ3) is 6.92. The number of fused-ring (bicyclic) bond motifs is 1. The lowest BCUT2D eigenvalue weighted by Crippen LogP contribution is -2.39. The van der Waals surface area contributed by atoms with Crippen LogP contribution in [0.2, 0.25) is 0 Å². The van der Waals surface area contributed by atoms with E-state index in [9.17, 15) is 29.7 Å². The van der Waals surface area contributed by atoms with Crippen LogP contribution in [0.1, 0.15) is 63.1 Å². The zero-order valence-corrected chi connectivity index (χ0v) is 23.3. The van der Waals surface area contributed by atoms with Gasteiger partial charge in [0, 0.05) is 30.6 Å². The summed E-state index contributed by atoms with van der Waals surface area (Å²) >= 11 is 0. The zero-order valence-electron chi connectivity index (χ0n) is 23.3. The number of rotatable bonds is 13. The van der Waals surface area contributed by atoms with E-state index in [1.54, 1.807) is 24.4 Å². The lowest BCUT2D eigenvalue weighted by Gasteiger charge is -2.35. The van der Waals surface area contributed by atoms with E-state index >= 15 is 0 Å². The Balaban J connectivity index is 1.50. The molecular formula is C32H38N2O7. The molecule has 1 fully saturated rings. The van der Waals surface area contributed by atoms with Gasteiger partial charge in [-0.05, 0) is 74.4 Å². The van der Waals surface area contributed by atoms with Gasteiger partial charge in [0.25, 0.3) is 0 Å². The molecule has 0 unspecified atom stereocenters. The quantitative estimate of drug-likeness (QED) is 0.162. The Bertz CT molecular complexity index is 1320. The molecule has 218 valence electrons. The molecule has 41 heavy (non-hydrogen) atoms. The van der Waals surface area contributed by atoms with Crippen molar-refractivity contribution in [2.45, 2.75) is 58.0 Å². The molecule has 2 amide bonds. The number of unbranched alkanes of at least 4 members (excludes halogenated alkanes) is 2. The number of benzene rings is 1. The van der Waals surface area contributed by atoms with Crippen LogP contribution in [0.4, 0.5) is 0 Å². The SMILES string of the molecule is CC1=C([C@H](O)CC/C(=C/c2ccccc2O)c2ccccn2)[C@H](CO)[C@@H]2C(=O)N(CCCCCC(=O)O)C(=O)[C@@H]2C1. The fraction of sp³-hybridized carbons (Fsp3) is 0.438. The largest absolute Gasteiger partial charge is 0.507 e. The summed E-state index contributed by atoms with van der Waals surface area (Å²) in [5, 5.41) is 41.0. The number of pyridine rings is 1. The van der Waals surface area contributed by atoms with Crippen molar-refractivity contribution in [1.29, 1.82) is 0 Å². The second kappa shape index (κ2) is 13.7. The van der Waals surface area contributed by atoms with E-state index in [0.717, 1.165) is 11.1 Å². The molecule has 4 N–H and O–H groups in total. The number of hydrogen-bond donors (Lipinski definition) is 4. The Kier molecular flexibility index (Phi) is 10.1. The minimum absolute atomic E-state index is 0.0494. The predicted molar refractivity (Wildman–Crippen MR) is 153 cm³/mol. The van der Waals surface area contributed by atoms with Crippen LogP contribution < -0.4 is 0 Å². The summed E-state index contributed by atoms with van der Waals surface area (Å²) in [4.78, 5) is 43.1. The fourth-order valence-corrected chi connectivity index (χ4v) is 6.20. The smallest absolute Gasteiger partial charge is 0.303 e. The molecule has 9 nitrogen and oxygen atoms in total. The topological polar surface area (TPSA) is 148 Å². The number of imide groups is 1. The average molecular weight is 563 g/mol. The molecule has 1 aliphatic heterocycles. The van der Waals surface area contributed by atoms with Crippen LogP contribution in [0, 0.1) is 17.8 Å². The maximum absolute atomic E-state index is 13.4. The van der Waals surface area contributed by atoms with Gasteiger partial charge in [-0.25, -0.2) is 0 Å². The van der Waals surface area contributed by atoms with E-state index < -0.39 is 29.8 Å². The first-order valence-corrected chi connectivity index (χ1v) is 14.2. The van der Waals surface area contributed by atoms with E-state index in [0.29, 0.717) is 55.4 Å². The number of carboxylic acids is 1. The first kappa shape index (κ1) is 30.1. The van der Waals surface area contributed by atoms with E-state index in [1.165, 1.54) is 4.90 Å². The number of aliphatic hydroxyl groups excluding tert-OH is 2. The molecule has 1 aromatic carbocycles. The summed E-state index contributed by atoms with van der Waals surface area (Å²) in [5.74, 6) is -3.29. The van der Waals surface area contributed by atoms with Crippen molar-refractivity contribution in [1.82, 2.24) is 9.88 Å². The summed E-state index contributed by atoms with van der Waals surface area (Å²) in [6.45, 7) is 1.71. The second-order valence-electron chi connectivity index (χ2n) is 10.9. The number of aromatic hydroxyl groups is 1. The van der Waals surface area contributed by atoms with Crippen molar-refractivity contribution in [2.75, 3.05) is 13.2 Å². The summed E-state index contributed by atoms with van der Waals surface area (Å²) in [6.07, 6.45) is 5.29. The molecule has 4 rings (SSSR count). The van der Waals surface area contributed by atoms with Gasteiger partial charge in [0.2, 0.25) is 11.8 Å². The minimum atomic E-state index is -0.947. The summed E-state index contributed by atoms with van der Waals surface area (Å²) in [5.41, 5.74) is 3.59. The van der Waals surface area contributed by atoms with Crippen LogP contribution in [-0.4, -0.2) is 67.3 Å². The van der Waals surface area contributed by atoms with Gasteiger partial charge in [-0.2, -0.15) is 0 Å². The molecule has 1 saturated heterocycles. The number of aromatic nitrogens is 1. The number of phenolic OH excluding ortho intramolecular Hbond substituents is 1. The lowest BCUT2D eigenvalue weighted by molar-refractivity contribution is -0.141. The van der Waals surface area contributed by atoms with E-state index in [-0.39, 0.29) is 37.1 Å². The number of likely N-dealkylation sites (tertiary alicyclic amines) is 1. The molecule has 2 heterocycles. The van der Waals surface area contributed by atoms with Crippen molar-refractivity contribution in [3.05, 3.63) is 71.1 Å². The summed E-state index contributed by atoms with van der Waals surface area (Å²) in [6, 6.07) is 12.5. The molecule has 1 aromatic heterocycles. The highest BCUT2D eigenvalue weighted by Crippen LogP contribution is 2.46. The molecule has 0 saturated carbocycles. The van der Waals surface area contributed by atoms with Gasteiger partial charge in [-0.1, -0.05) is 36.3 Å². The van der Waals surface area contributed by atoms with Gasteiger partial charge >= 0.3 is 5.97 Å². The molecule has 2 aromatic rings. The molecular weight excluding hydrogens is 524 g/mol. The normalized spacial score (nSPS) is 21.8. The molecule has 0 spiro atoms. The number of amides is 2. The van der Waals surface area contributed by atoms with Crippen molar-refractivity contribution in [3.63, 3.8) is 0 Å². The third-order valence-corrected chi connectivity index (χ3v) is 8.20. The number of nitrogens with zero attached hydrogens (tertiary/aromatic N) is 2. The highest BCUT2D eigenvalue weighted by Gasteiger charge is 2.54. The van der Waals surface area contributed by atoms with Crippen LogP contribution in [0.25, 0.3) is 11.6 Å². The maximum atomic E-state index is 13.4. The van der Waals surface area contributed by atoms with E-state index in [2.05, 4.69) is 4.98 Å². The van der Waals surface area contributed by atoms with Crippen molar-refractivity contribution >= 4 is 29.4 Å². The van der Waals surface area contributed by atoms with E-state index in [1.807, 2.05) is 37.3 Å². The van der Waals surface area contributed by atoms with Gasteiger partial charge < -0.3 is 20.4 Å². The first-order valence-electron chi connectivity index (χ1n) is 14.2. The predicted octanol–water partition coefficient (Wildman–Crippen LogP) is 4.04. The minimum Gasteiger partial charge on any atom is -0.507 e. The first-order chi connectivity index (χ1) is 19.7. The Morgan fingerprint density at radius 1 is 1.07 bits per heavy atom. The van der Waals surface area contributed by atoms with Crippen molar-refractivity contribution in [2.24, 2.45) is 17.8 Å². The number of hydrogen-bond acceptors (Lipinski definition) is 7. The van der Waals surface area contributed by atoms with Crippen LogP contribution in [0.15, 0.2) is 59.8 Å². The Hall–Kier alpha value is -3.82. The highest BCUT2D eigenvalue weighted by molar-refractivity contribution is 6.05. The number of carbonyl (C=O) groups excluding carboxylic acids is 2. The number of phenols is 1. The van der Waals surface area contributed by atoms with Gasteiger partial charge in [0.15, 0.2) is 0 Å². The van der Waals surface area contributed by atoms with Crippen LogP contribution in [0.5, 0.6) is 5.75 Å². The second-order valence-corrected chi connectivity index (χ2v) is 10.9. The number of aliphatic hydroxyl groups is 2. The monoisotopic (exact) mass is 562 g/mol. The summed E-state index contributed by atoms with van der Waals surface area (Å²) in [7, 11) is 0. The third-order valence-electron chi connectivity index (χ3n) is 8.20. The Labute approximate surface area is 239 Å². The van der Waals surface area contributed by atoms with Gasteiger partial charge in [-0.15, -0.1) is 0 Å². The van der Waals surface area contributed by atoms with Gasteiger partial charge in [0.05, 0.1) is 30.2 Å². The maximum Gasteiger partial charge on any atom is 0.303 e. The molecule has 1 aliphatic carbocycles. The van der Waals surface area contributed by atoms with Crippen molar-refractivity contribution in [3.8, 4) is 5.75 Å². The standard InChI is InChI=1S/C32H38N2O7/c1-20-17-23-30(32(41)34(31(23)40)16-8-2-3-12-28(38)39)24(19-35)29(20)27(37)14-13-21(25-10-6-7-15-33-25)18-22-9-4-5-11-26(22)36/h4-7,9-11,15,18,23-24,27,30,35-37H,2-3,8,12-14,16-17,19H2,1H3,(H,38,39)/b21-18-/t23-,24+,27-,30-/m1/s1. The average Bonchev–Trinajstić information content (AvgIpc) is 3.19. The van der Waals surface area contributed by atoms with Crippen molar-refractivity contribution < 1.29 is 34.8 Å². The molecule has 0 bridgehead atoms. The van der Waals surface area contributed by atoms with Crippen LogP contribution >= 0.6 is 0 Å². The van der Waals surface area contributed by atoms with Crippen LogP contribution in [-0.2, 0) is 14.4 Å². The lowest BCUT2D eigenvalue weighted by atomic mass is 9.68. The highest BCUT2D eigenvalue weighted by atomic mass is 16.4. The number of carbonyl (C=O) groups is 3. The number of aliphatic carboxylic acids is 1. The fourth-order valence-electron chi connectivity index (χ4n) is 6.20. The number of allylic oxidation sites excluding steroid dienone is 2. The molecule has 2 aliphatic rings. The van der Waals surface area contributed by atoms with E-state index in [4.69, 9.17) is 5.11 Å². The number of carboxylic acid groups (broad SMARTS) is 1. The van der Waals surface area contributed by atoms with Crippen LogP contribution in [0.3, 0.4) is 0 Å².